The lowest BCUT2D eigenvalue weighted by Gasteiger charge is -2.28. The van der Waals surface area contributed by atoms with Gasteiger partial charge in [-0.1, -0.05) is 20.8 Å². The number of nitrogens with one attached hydrogen (secondary N) is 1. The van der Waals surface area contributed by atoms with Crippen LogP contribution in [0.3, 0.4) is 0 Å². The van der Waals surface area contributed by atoms with Crippen LogP contribution in [0.5, 0.6) is 11.8 Å². The average Bonchev–Trinajstić information content (AvgIpc) is 3.03. The van der Waals surface area contributed by atoms with E-state index in [1.807, 2.05) is 6.92 Å². The summed E-state index contributed by atoms with van der Waals surface area (Å²) >= 11 is 0. The van der Waals surface area contributed by atoms with Crippen LogP contribution in [0.25, 0.3) is 0 Å². The molecule has 3 N–H and O–H groups in total. The second kappa shape index (κ2) is 5.42. The number of H-pyrrole nitrogens is 1. The number of Topliss-reactive ketones (excluding diaryl/α,β-unsaturated/α-hetero) is 1. The standard InChI is InChI=1S/C15H22N2O4/c1-4-15(2,3)12(19)14(21)17-7-5-6-10(17)9-8-11(18)16-13(9)20/h8,10,16,18,20H,4-7H2,1-3H3. The summed E-state index contributed by atoms with van der Waals surface area (Å²) in [5.41, 5.74) is -0.229. The van der Waals surface area contributed by atoms with Crippen molar-refractivity contribution in [2.24, 2.45) is 5.41 Å². The van der Waals surface area contributed by atoms with Gasteiger partial charge in [0.25, 0.3) is 5.91 Å². The molecule has 0 radical (unpaired) electrons. The normalized spacial score (nSPS) is 19.0. The van der Waals surface area contributed by atoms with Crippen LogP contribution in [0.15, 0.2) is 6.07 Å². The number of aromatic nitrogens is 1. The molecule has 6 heteroatoms. The summed E-state index contributed by atoms with van der Waals surface area (Å²) < 4.78 is 0. The molecule has 6 nitrogen and oxygen atoms in total. The van der Waals surface area contributed by atoms with Crippen LogP contribution >= 0.6 is 0 Å². The first-order chi connectivity index (χ1) is 9.77. The summed E-state index contributed by atoms with van der Waals surface area (Å²) in [5.74, 6) is -1.22. The number of carbonyl (C=O) groups is 2. The van der Waals surface area contributed by atoms with E-state index in [9.17, 15) is 19.8 Å². The van der Waals surface area contributed by atoms with Gasteiger partial charge < -0.3 is 15.1 Å². The average molecular weight is 294 g/mol. The van der Waals surface area contributed by atoms with Gasteiger partial charge in [0, 0.05) is 23.6 Å². The summed E-state index contributed by atoms with van der Waals surface area (Å²) in [5, 5.41) is 19.2. The molecule has 0 spiro atoms. The number of aromatic amines is 1. The zero-order chi connectivity index (χ0) is 15.8. The molecule has 1 saturated heterocycles. The van der Waals surface area contributed by atoms with Crippen molar-refractivity contribution in [3.8, 4) is 11.8 Å². The molecule has 21 heavy (non-hydrogen) atoms. The number of aromatic hydroxyl groups is 2. The maximum Gasteiger partial charge on any atom is 0.291 e. The van der Waals surface area contributed by atoms with E-state index in [-0.39, 0.29) is 17.8 Å². The van der Waals surface area contributed by atoms with Gasteiger partial charge in [0.1, 0.15) is 0 Å². The van der Waals surface area contributed by atoms with Gasteiger partial charge in [-0.15, -0.1) is 0 Å². The van der Waals surface area contributed by atoms with Crippen molar-refractivity contribution in [1.29, 1.82) is 0 Å². The Morgan fingerprint density at radius 1 is 1.43 bits per heavy atom. The van der Waals surface area contributed by atoms with E-state index in [1.54, 1.807) is 13.8 Å². The van der Waals surface area contributed by atoms with Gasteiger partial charge in [-0.3, -0.25) is 14.6 Å². The molecule has 1 fully saturated rings. The van der Waals surface area contributed by atoms with E-state index in [1.165, 1.54) is 11.0 Å². The molecule has 1 unspecified atom stereocenters. The Hall–Kier alpha value is -1.98. The number of nitrogens with zero attached hydrogens (tertiary/aromatic N) is 1. The first-order valence-electron chi connectivity index (χ1n) is 7.24. The smallest absolute Gasteiger partial charge is 0.291 e. The maximum atomic E-state index is 12.5. The van der Waals surface area contributed by atoms with E-state index in [2.05, 4.69) is 4.98 Å². The van der Waals surface area contributed by atoms with Crippen LogP contribution in [0.4, 0.5) is 0 Å². The molecule has 2 heterocycles. The second-order valence-corrected chi connectivity index (χ2v) is 6.18. The number of likely N-dealkylation sites (tertiary alicyclic amines) is 1. The molecule has 2 rings (SSSR count). The van der Waals surface area contributed by atoms with Gasteiger partial charge in [0.2, 0.25) is 5.78 Å². The zero-order valence-electron chi connectivity index (χ0n) is 12.6. The van der Waals surface area contributed by atoms with Crippen molar-refractivity contribution in [3.63, 3.8) is 0 Å². The van der Waals surface area contributed by atoms with Gasteiger partial charge in [0.15, 0.2) is 11.8 Å². The fraction of sp³-hybridized carbons (Fsp3) is 0.600. The first kappa shape index (κ1) is 15.4. The Balaban J connectivity index is 2.25. The van der Waals surface area contributed by atoms with E-state index < -0.39 is 17.1 Å². The molecular formula is C15H22N2O4. The summed E-state index contributed by atoms with van der Waals surface area (Å²) in [7, 11) is 0. The van der Waals surface area contributed by atoms with E-state index in [0.717, 1.165) is 6.42 Å². The predicted molar refractivity (Wildman–Crippen MR) is 76.9 cm³/mol. The summed E-state index contributed by atoms with van der Waals surface area (Å²) in [6.07, 6.45) is 2.02. The zero-order valence-corrected chi connectivity index (χ0v) is 12.6. The fourth-order valence-corrected chi connectivity index (χ4v) is 2.61. The highest BCUT2D eigenvalue weighted by atomic mass is 16.3. The number of hydrogen-bond donors (Lipinski definition) is 3. The number of amides is 1. The highest BCUT2D eigenvalue weighted by Gasteiger charge is 2.40. The summed E-state index contributed by atoms with van der Waals surface area (Å²) in [6, 6.07) is 1.03. The van der Waals surface area contributed by atoms with E-state index in [0.29, 0.717) is 24.9 Å². The fourth-order valence-electron chi connectivity index (χ4n) is 2.61. The Labute approximate surface area is 123 Å². The minimum absolute atomic E-state index is 0.151. The van der Waals surface area contributed by atoms with Crippen molar-refractivity contribution in [2.45, 2.75) is 46.1 Å². The van der Waals surface area contributed by atoms with Crippen molar-refractivity contribution in [3.05, 3.63) is 11.6 Å². The first-order valence-corrected chi connectivity index (χ1v) is 7.24. The number of rotatable bonds is 4. The third kappa shape index (κ3) is 2.75. The molecular weight excluding hydrogens is 272 g/mol. The number of hydrogen-bond acceptors (Lipinski definition) is 4. The topological polar surface area (TPSA) is 93.6 Å². The van der Waals surface area contributed by atoms with Crippen molar-refractivity contribution < 1.29 is 19.8 Å². The Bertz CT molecular complexity index is 562. The molecule has 1 aromatic rings. The summed E-state index contributed by atoms with van der Waals surface area (Å²) in [6.45, 7) is 5.89. The van der Waals surface area contributed by atoms with Crippen LogP contribution in [0.2, 0.25) is 0 Å². The van der Waals surface area contributed by atoms with Gasteiger partial charge in [-0.25, -0.2) is 0 Å². The second-order valence-electron chi connectivity index (χ2n) is 6.18. The Morgan fingerprint density at radius 3 is 2.62 bits per heavy atom. The molecule has 0 saturated carbocycles. The van der Waals surface area contributed by atoms with Crippen molar-refractivity contribution in [1.82, 2.24) is 9.88 Å². The molecule has 0 bridgehead atoms. The van der Waals surface area contributed by atoms with Gasteiger partial charge in [-0.2, -0.15) is 0 Å². The molecule has 1 aliphatic heterocycles. The molecule has 1 atom stereocenters. The molecule has 1 aromatic heterocycles. The minimum Gasteiger partial charge on any atom is -0.495 e. The van der Waals surface area contributed by atoms with Gasteiger partial charge in [-0.05, 0) is 19.3 Å². The molecule has 116 valence electrons. The van der Waals surface area contributed by atoms with Crippen molar-refractivity contribution >= 4 is 11.7 Å². The predicted octanol–water partition coefficient (Wildman–Crippen LogP) is 2.09. The van der Waals surface area contributed by atoms with Crippen LogP contribution in [0.1, 0.15) is 51.6 Å². The molecule has 0 aromatic carbocycles. The highest BCUT2D eigenvalue weighted by Crippen LogP contribution is 2.39. The van der Waals surface area contributed by atoms with Crippen LogP contribution in [-0.4, -0.2) is 38.3 Å². The third-order valence-electron chi connectivity index (χ3n) is 4.38. The molecule has 1 amide bonds. The largest absolute Gasteiger partial charge is 0.495 e. The van der Waals surface area contributed by atoms with Crippen LogP contribution in [0, 0.1) is 5.41 Å². The van der Waals surface area contributed by atoms with Gasteiger partial charge >= 0.3 is 0 Å². The number of carbonyl (C=O) groups excluding carboxylic acids is 2. The SMILES string of the molecule is CCC(C)(C)C(=O)C(=O)N1CCCC1c1cc(O)[nH]c1O. The van der Waals surface area contributed by atoms with Crippen molar-refractivity contribution in [2.75, 3.05) is 6.54 Å². The maximum absolute atomic E-state index is 12.5. The molecule has 0 aliphatic carbocycles. The lowest BCUT2D eigenvalue weighted by Crippen LogP contribution is -2.42. The Kier molecular flexibility index (Phi) is 3.98. The van der Waals surface area contributed by atoms with Gasteiger partial charge in [0.05, 0.1) is 6.04 Å². The van der Waals surface area contributed by atoms with E-state index >= 15 is 0 Å². The van der Waals surface area contributed by atoms with Crippen LogP contribution < -0.4 is 0 Å². The molecule has 1 aliphatic rings. The Morgan fingerprint density at radius 2 is 2.10 bits per heavy atom. The van der Waals surface area contributed by atoms with Crippen LogP contribution in [-0.2, 0) is 9.59 Å². The third-order valence-corrected chi connectivity index (χ3v) is 4.38. The summed E-state index contributed by atoms with van der Waals surface area (Å²) in [4.78, 5) is 28.7. The highest BCUT2D eigenvalue weighted by molar-refractivity contribution is 6.38. The lowest BCUT2D eigenvalue weighted by molar-refractivity contribution is -0.149. The quantitative estimate of drug-likeness (QED) is 0.741. The number of ketones is 1. The minimum atomic E-state index is -0.688. The monoisotopic (exact) mass is 294 g/mol. The van der Waals surface area contributed by atoms with E-state index in [4.69, 9.17) is 0 Å². The lowest BCUT2D eigenvalue weighted by atomic mass is 9.84.